The fourth-order valence-electron chi connectivity index (χ4n) is 3.28. The summed E-state index contributed by atoms with van der Waals surface area (Å²) in [6.07, 6.45) is 1.03. The molecule has 4 heteroatoms. The van der Waals surface area contributed by atoms with E-state index in [1.54, 1.807) is 0 Å². The second-order valence-electron chi connectivity index (χ2n) is 7.06. The molecule has 1 N–H and O–H groups in total. The molecular formula is C23H26N2O2. The van der Waals surface area contributed by atoms with Crippen LogP contribution < -0.4 is 5.32 Å². The molecule has 1 atom stereocenters. The smallest absolute Gasteiger partial charge is 0.221 e. The van der Waals surface area contributed by atoms with E-state index in [2.05, 4.69) is 54.7 Å². The SMILES string of the molecule is Cc1ccc([C@@H](NC(=O)CCc2c(C)noc2C)c2ccccc2)cc1C. The van der Waals surface area contributed by atoms with Crippen molar-refractivity contribution >= 4 is 5.91 Å². The molecule has 1 heterocycles. The first-order valence-corrected chi connectivity index (χ1v) is 9.29. The van der Waals surface area contributed by atoms with Gasteiger partial charge >= 0.3 is 0 Å². The van der Waals surface area contributed by atoms with Gasteiger partial charge in [-0.15, -0.1) is 0 Å². The number of nitrogens with one attached hydrogen (secondary N) is 1. The zero-order chi connectivity index (χ0) is 19.4. The number of carbonyl (C=O) groups excluding carboxylic acids is 1. The highest BCUT2D eigenvalue weighted by molar-refractivity contribution is 5.77. The van der Waals surface area contributed by atoms with Crippen molar-refractivity contribution in [2.45, 2.75) is 46.6 Å². The first-order valence-electron chi connectivity index (χ1n) is 9.29. The lowest BCUT2D eigenvalue weighted by Gasteiger charge is -2.21. The van der Waals surface area contributed by atoms with Crippen molar-refractivity contribution < 1.29 is 9.32 Å². The molecule has 3 rings (SSSR count). The van der Waals surface area contributed by atoms with Crippen LogP contribution in [0.25, 0.3) is 0 Å². The average molecular weight is 362 g/mol. The predicted molar refractivity (Wildman–Crippen MR) is 107 cm³/mol. The standard InChI is InChI=1S/C23H26N2O2/c1-15-10-11-20(14-16(15)2)23(19-8-6-5-7-9-19)24-22(26)13-12-21-17(3)25-27-18(21)4/h5-11,14,23H,12-13H2,1-4H3,(H,24,26)/t23-/m0/s1. The van der Waals surface area contributed by atoms with Gasteiger partial charge in [0.1, 0.15) is 5.76 Å². The number of benzene rings is 2. The maximum atomic E-state index is 12.7. The molecule has 0 aliphatic carbocycles. The third-order valence-corrected chi connectivity index (χ3v) is 5.09. The molecule has 0 fully saturated rings. The Hall–Kier alpha value is -2.88. The van der Waals surface area contributed by atoms with E-state index in [1.807, 2.05) is 32.0 Å². The Bertz CT molecular complexity index is 909. The van der Waals surface area contributed by atoms with E-state index in [-0.39, 0.29) is 11.9 Å². The first-order chi connectivity index (χ1) is 13.0. The molecule has 1 aromatic heterocycles. The van der Waals surface area contributed by atoms with Crippen molar-refractivity contribution in [3.63, 3.8) is 0 Å². The van der Waals surface area contributed by atoms with Crippen LogP contribution in [0.1, 0.15) is 51.7 Å². The van der Waals surface area contributed by atoms with Crippen molar-refractivity contribution in [2.24, 2.45) is 0 Å². The van der Waals surface area contributed by atoms with Crippen LogP contribution in [0, 0.1) is 27.7 Å². The van der Waals surface area contributed by atoms with Gasteiger partial charge in [0, 0.05) is 12.0 Å². The van der Waals surface area contributed by atoms with Crippen LogP contribution in [0.15, 0.2) is 53.1 Å². The Morgan fingerprint density at radius 3 is 2.37 bits per heavy atom. The minimum Gasteiger partial charge on any atom is -0.361 e. The zero-order valence-corrected chi connectivity index (χ0v) is 16.4. The number of nitrogens with zero attached hydrogens (tertiary/aromatic N) is 1. The molecule has 2 aromatic carbocycles. The van der Waals surface area contributed by atoms with Gasteiger partial charge in [-0.05, 0) is 56.4 Å². The maximum absolute atomic E-state index is 12.7. The largest absolute Gasteiger partial charge is 0.361 e. The fourth-order valence-corrected chi connectivity index (χ4v) is 3.28. The first kappa shape index (κ1) is 18.9. The third-order valence-electron chi connectivity index (χ3n) is 5.09. The van der Waals surface area contributed by atoms with Gasteiger partial charge < -0.3 is 9.84 Å². The quantitative estimate of drug-likeness (QED) is 0.689. The summed E-state index contributed by atoms with van der Waals surface area (Å²) in [6.45, 7) is 7.99. The van der Waals surface area contributed by atoms with Crippen LogP contribution in [-0.2, 0) is 11.2 Å². The lowest BCUT2D eigenvalue weighted by molar-refractivity contribution is -0.121. The molecule has 0 aliphatic heterocycles. The molecule has 4 nitrogen and oxygen atoms in total. The van der Waals surface area contributed by atoms with Crippen LogP contribution in [0.3, 0.4) is 0 Å². The summed E-state index contributed by atoms with van der Waals surface area (Å²) in [5.74, 6) is 0.802. The second-order valence-corrected chi connectivity index (χ2v) is 7.06. The maximum Gasteiger partial charge on any atom is 0.221 e. The fraction of sp³-hybridized carbons (Fsp3) is 0.304. The van der Waals surface area contributed by atoms with Gasteiger partial charge in [-0.25, -0.2) is 0 Å². The average Bonchev–Trinajstić information content (AvgIpc) is 2.99. The highest BCUT2D eigenvalue weighted by Gasteiger charge is 2.18. The van der Waals surface area contributed by atoms with Crippen LogP contribution in [0.5, 0.6) is 0 Å². The van der Waals surface area contributed by atoms with Gasteiger partial charge in [-0.3, -0.25) is 4.79 Å². The van der Waals surface area contributed by atoms with Gasteiger partial charge in [-0.2, -0.15) is 0 Å². The lowest BCUT2D eigenvalue weighted by Crippen LogP contribution is -2.29. The number of hydrogen-bond donors (Lipinski definition) is 1. The van der Waals surface area contributed by atoms with E-state index in [9.17, 15) is 4.79 Å². The van der Waals surface area contributed by atoms with Crippen molar-refractivity contribution in [2.75, 3.05) is 0 Å². The monoisotopic (exact) mass is 362 g/mol. The topological polar surface area (TPSA) is 55.1 Å². The van der Waals surface area contributed by atoms with Crippen molar-refractivity contribution in [3.05, 3.63) is 87.8 Å². The molecule has 0 spiro atoms. The van der Waals surface area contributed by atoms with Crippen molar-refractivity contribution in [1.82, 2.24) is 10.5 Å². The summed E-state index contributed by atoms with van der Waals surface area (Å²) in [5.41, 5.74) is 6.51. The molecule has 27 heavy (non-hydrogen) atoms. The number of carbonyl (C=O) groups is 1. The van der Waals surface area contributed by atoms with E-state index in [4.69, 9.17) is 4.52 Å². The molecule has 0 bridgehead atoms. The minimum absolute atomic E-state index is 0.0158. The summed E-state index contributed by atoms with van der Waals surface area (Å²) >= 11 is 0. The molecule has 3 aromatic rings. The third kappa shape index (κ3) is 4.45. The molecule has 140 valence electrons. The summed E-state index contributed by atoms with van der Waals surface area (Å²) in [6, 6.07) is 16.3. The minimum atomic E-state index is -0.164. The van der Waals surface area contributed by atoms with Crippen LogP contribution >= 0.6 is 0 Å². The Labute approximate surface area is 160 Å². The van der Waals surface area contributed by atoms with Gasteiger partial charge in [0.2, 0.25) is 5.91 Å². The lowest BCUT2D eigenvalue weighted by atomic mass is 9.95. The Morgan fingerprint density at radius 2 is 1.74 bits per heavy atom. The number of rotatable bonds is 6. The summed E-state index contributed by atoms with van der Waals surface area (Å²) in [4.78, 5) is 12.7. The van der Waals surface area contributed by atoms with Crippen LogP contribution in [0.2, 0.25) is 0 Å². The molecule has 0 unspecified atom stereocenters. The summed E-state index contributed by atoms with van der Waals surface area (Å²) in [7, 11) is 0. The molecule has 0 radical (unpaired) electrons. The number of amides is 1. The predicted octanol–water partition coefficient (Wildman–Crippen LogP) is 4.75. The van der Waals surface area contributed by atoms with Gasteiger partial charge in [0.15, 0.2) is 0 Å². The van der Waals surface area contributed by atoms with E-state index >= 15 is 0 Å². The van der Waals surface area contributed by atoms with E-state index in [0.717, 1.165) is 28.1 Å². The van der Waals surface area contributed by atoms with Gasteiger partial charge in [0.25, 0.3) is 0 Å². The Morgan fingerprint density at radius 1 is 1.00 bits per heavy atom. The molecule has 1 amide bonds. The summed E-state index contributed by atoms with van der Waals surface area (Å²) < 4.78 is 5.19. The summed E-state index contributed by atoms with van der Waals surface area (Å²) in [5, 5.41) is 7.17. The van der Waals surface area contributed by atoms with E-state index in [0.29, 0.717) is 12.8 Å². The van der Waals surface area contributed by atoms with Crippen LogP contribution in [-0.4, -0.2) is 11.1 Å². The number of aryl methyl sites for hydroxylation is 4. The number of aromatic nitrogens is 1. The molecular weight excluding hydrogens is 336 g/mol. The molecule has 0 aliphatic rings. The van der Waals surface area contributed by atoms with E-state index in [1.165, 1.54) is 11.1 Å². The normalized spacial score (nSPS) is 12.0. The molecule has 0 saturated carbocycles. The van der Waals surface area contributed by atoms with E-state index < -0.39 is 0 Å². The highest BCUT2D eigenvalue weighted by Crippen LogP contribution is 2.24. The Balaban J connectivity index is 1.79. The molecule has 0 saturated heterocycles. The van der Waals surface area contributed by atoms with Crippen molar-refractivity contribution in [1.29, 1.82) is 0 Å². The number of hydrogen-bond acceptors (Lipinski definition) is 3. The van der Waals surface area contributed by atoms with Gasteiger partial charge in [0.05, 0.1) is 11.7 Å². The van der Waals surface area contributed by atoms with Gasteiger partial charge in [-0.1, -0.05) is 53.7 Å². The van der Waals surface area contributed by atoms with Crippen LogP contribution in [0.4, 0.5) is 0 Å². The van der Waals surface area contributed by atoms with Crippen molar-refractivity contribution in [3.8, 4) is 0 Å². The zero-order valence-electron chi connectivity index (χ0n) is 16.4. The highest BCUT2D eigenvalue weighted by atomic mass is 16.5. The Kier molecular flexibility index (Phi) is 5.75. The second kappa shape index (κ2) is 8.21.